The highest BCUT2D eigenvalue weighted by molar-refractivity contribution is 5.93. The molecular weight excluding hydrogens is 276 g/mol. The Labute approximate surface area is 133 Å². The minimum atomic E-state index is 0.748. The zero-order valence-electron chi connectivity index (χ0n) is 13.5. The minimum absolute atomic E-state index is 0.748. The number of ether oxygens (including phenoxy) is 2. The van der Waals surface area contributed by atoms with Crippen molar-refractivity contribution in [3.8, 4) is 0 Å². The lowest BCUT2D eigenvalue weighted by molar-refractivity contribution is 0.116. The second kappa shape index (κ2) is 9.41. The maximum absolute atomic E-state index is 5.17. The zero-order chi connectivity index (χ0) is 15.6. The summed E-state index contributed by atoms with van der Waals surface area (Å²) in [4.78, 5) is 2.35. The number of fused-ring (bicyclic) bond motifs is 1. The van der Waals surface area contributed by atoms with Gasteiger partial charge in [-0.2, -0.15) is 0 Å². The first-order valence-electron chi connectivity index (χ1n) is 7.77. The third kappa shape index (κ3) is 4.98. The van der Waals surface area contributed by atoms with Gasteiger partial charge in [-0.3, -0.25) is 4.90 Å². The van der Waals surface area contributed by atoms with Crippen LogP contribution in [-0.4, -0.2) is 58.5 Å². The molecule has 0 saturated heterocycles. The number of anilines is 1. The summed E-state index contributed by atoms with van der Waals surface area (Å²) >= 11 is 0. The zero-order valence-corrected chi connectivity index (χ0v) is 13.5. The lowest BCUT2D eigenvalue weighted by Crippen LogP contribution is -2.34. The van der Waals surface area contributed by atoms with Gasteiger partial charge in [0.25, 0.3) is 0 Å². The molecule has 0 aliphatic heterocycles. The predicted octanol–water partition coefficient (Wildman–Crippen LogP) is 2.85. The minimum Gasteiger partial charge on any atom is -0.383 e. The normalized spacial score (nSPS) is 11.2. The van der Waals surface area contributed by atoms with Crippen molar-refractivity contribution in [2.24, 2.45) is 0 Å². The van der Waals surface area contributed by atoms with Crippen LogP contribution in [0, 0.1) is 0 Å². The van der Waals surface area contributed by atoms with Gasteiger partial charge >= 0.3 is 0 Å². The molecule has 0 atom stereocenters. The first-order chi connectivity index (χ1) is 10.8. The van der Waals surface area contributed by atoms with Gasteiger partial charge in [0.1, 0.15) is 0 Å². The van der Waals surface area contributed by atoms with Gasteiger partial charge in [0.15, 0.2) is 0 Å². The molecule has 120 valence electrons. The standard InChI is InChI=1S/C18H26N2O2/c1-21-14-12-20(13-15-22-2)11-10-19-18-9-5-7-16-6-3-4-8-17(16)18/h3-9,19H,10-15H2,1-2H3. The Morgan fingerprint density at radius 3 is 2.27 bits per heavy atom. The van der Waals surface area contributed by atoms with E-state index in [0.717, 1.165) is 39.4 Å². The molecule has 0 aliphatic carbocycles. The Balaban J connectivity index is 1.89. The molecule has 0 saturated carbocycles. The Morgan fingerprint density at radius 2 is 1.55 bits per heavy atom. The van der Waals surface area contributed by atoms with Gasteiger partial charge in [0.2, 0.25) is 0 Å². The van der Waals surface area contributed by atoms with Gasteiger partial charge in [0.05, 0.1) is 13.2 Å². The van der Waals surface area contributed by atoms with Crippen LogP contribution in [-0.2, 0) is 9.47 Å². The molecule has 4 nitrogen and oxygen atoms in total. The molecule has 4 heteroatoms. The number of hydrogen-bond acceptors (Lipinski definition) is 4. The first kappa shape index (κ1) is 16.7. The quantitative estimate of drug-likeness (QED) is 0.732. The van der Waals surface area contributed by atoms with Crippen molar-refractivity contribution in [1.29, 1.82) is 0 Å². The summed E-state index contributed by atoms with van der Waals surface area (Å²) in [5, 5.41) is 6.08. The van der Waals surface area contributed by atoms with Crippen molar-refractivity contribution in [2.75, 3.05) is 58.9 Å². The highest BCUT2D eigenvalue weighted by Gasteiger charge is 2.05. The number of hydrogen-bond donors (Lipinski definition) is 1. The smallest absolute Gasteiger partial charge is 0.0589 e. The van der Waals surface area contributed by atoms with Crippen molar-refractivity contribution in [3.63, 3.8) is 0 Å². The predicted molar refractivity (Wildman–Crippen MR) is 92.6 cm³/mol. The summed E-state index contributed by atoms with van der Waals surface area (Å²) in [5.41, 5.74) is 1.19. The molecule has 0 aliphatic rings. The largest absolute Gasteiger partial charge is 0.383 e. The Bertz CT molecular complexity index is 546. The second-order valence-corrected chi connectivity index (χ2v) is 5.28. The van der Waals surface area contributed by atoms with Crippen LogP contribution in [0.15, 0.2) is 42.5 Å². The number of methoxy groups -OCH3 is 2. The van der Waals surface area contributed by atoms with Crippen molar-refractivity contribution in [2.45, 2.75) is 0 Å². The molecule has 0 fully saturated rings. The lowest BCUT2D eigenvalue weighted by atomic mass is 10.1. The fourth-order valence-electron chi connectivity index (χ4n) is 2.50. The first-order valence-corrected chi connectivity index (χ1v) is 7.77. The van der Waals surface area contributed by atoms with Crippen molar-refractivity contribution in [3.05, 3.63) is 42.5 Å². The van der Waals surface area contributed by atoms with E-state index in [0.29, 0.717) is 0 Å². The van der Waals surface area contributed by atoms with E-state index in [2.05, 4.69) is 52.7 Å². The number of rotatable bonds is 10. The summed E-state index contributed by atoms with van der Waals surface area (Å²) in [5.74, 6) is 0. The van der Waals surface area contributed by atoms with Crippen LogP contribution in [0.1, 0.15) is 0 Å². The second-order valence-electron chi connectivity index (χ2n) is 5.28. The van der Waals surface area contributed by atoms with Crippen LogP contribution < -0.4 is 5.32 Å². The molecular formula is C18H26N2O2. The van der Waals surface area contributed by atoms with Gasteiger partial charge in [-0.1, -0.05) is 36.4 Å². The number of benzene rings is 2. The van der Waals surface area contributed by atoms with E-state index in [1.54, 1.807) is 14.2 Å². The Morgan fingerprint density at radius 1 is 0.864 bits per heavy atom. The Kier molecular flexibility index (Phi) is 7.16. The van der Waals surface area contributed by atoms with Gasteiger partial charge in [-0.25, -0.2) is 0 Å². The van der Waals surface area contributed by atoms with Gasteiger partial charge < -0.3 is 14.8 Å². The topological polar surface area (TPSA) is 33.7 Å². The summed E-state index contributed by atoms with van der Waals surface area (Å²) in [7, 11) is 3.48. The molecule has 0 heterocycles. The van der Waals surface area contributed by atoms with E-state index in [-0.39, 0.29) is 0 Å². The third-order valence-electron chi connectivity index (χ3n) is 3.76. The molecule has 0 radical (unpaired) electrons. The average Bonchev–Trinajstić information content (AvgIpc) is 2.57. The lowest BCUT2D eigenvalue weighted by Gasteiger charge is -2.22. The molecule has 0 aromatic heterocycles. The van der Waals surface area contributed by atoms with E-state index < -0.39 is 0 Å². The average molecular weight is 302 g/mol. The number of nitrogens with one attached hydrogen (secondary N) is 1. The van der Waals surface area contributed by atoms with Crippen LogP contribution in [0.25, 0.3) is 10.8 Å². The van der Waals surface area contributed by atoms with Gasteiger partial charge in [0, 0.05) is 51.5 Å². The molecule has 2 aromatic carbocycles. The number of nitrogens with zero attached hydrogens (tertiary/aromatic N) is 1. The molecule has 0 unspecified atom stereocenters. The third-order valence-corrected chi connectivity index (χ3v) is 3.76. The maximum Gasteiger partial charge on any atom is 0.0589 e. The fourth-order valence-corrected chi connectivity index (χ4v) is 2.50. The van der Waals surface area contributed by atoms with Crippen molar-refractivity contribution >= 4 is 16.5 Å². The van der Waals surface area contributed by atoms with Crippen LogP contribution in [0.2, 0.25) is 0 Å². The van der Waals surface area contributed by atoms with Crippen LogP contribution >= 0.6 is 0 Å². The van der Waals surface area contributed by atoms with Crippen molar-refractivity contribution in [1.82, 2.24) is 4.90 Å². The summed E-state index contributed by atoms with van der Waals surface area (Å²) in [6.07, 6.45) is 0. The van der Waals surface area contributed by atoms with Gasteiger partial charge in [-0.15, -0.1) is 0 Å². The summed E-state index contributed by atoms with van der Waals surface area (Å²) in [6, 6.07) is 14.8. The van der Waals surface area contributed by atoms with E-state index in [4.69, 9.17) is 9.47 Å². The highest BCUT2D eigenvalue weighted by Crippen LogP contribution is 2.22. The van der Waals surface area contributed by atoms with Gasteiger partial charge in [-0.05, 0) is 11.5 Å². The molecule has 22 heavy (non-hydrogen) atoms. The fraction of sp³-hybridized carbons (Fsp3) is 0.444. The van der Waals surface area contributed by atoms with E-state index in [1.807, 2.05) is 0 Å². The van der Waals surface area contributed by atoms with Crippen LogP contribution in [0.5, 0.6) is 0 Å². The summed E-state index contributed by atoms with van der Waals surface area (Å²) in [6.45, 7) is 5.22. The van der Waals surface area contributed by atoms with E-state index in [1.165, 1.54) is 16.5 Å². The maximum atomic E-state index is 5.17. The molecule has 1 N–H and O–H groups in total. The van der Waals surface area contributed by atoms with E-state index >= 15 is 0 Å². The summed E-state index contributed by atoms with van der Waals surface area (Å²) < 4.78 is 10.3. The van der Waals surface area contributed by atoms with E-state index in [9.17, 15) is 0 Å². The molecule has 0 bridgehead atoms. The van der Waals surface area contributed by atoms with Crippen LogP contribution in [0.4, 0.5) is 5.69 Å². The van der Waals surface area contributed by atoms with Crippen LogP contribution in [0.3, 0.4) is 0 Å². The molecule has 0 spiro atoms. The highest BCUT2D eigenvalue weighted by atomic mass is 16.5. The molecule has 2 rings (SSSR count). The SMILES string of the molecule is COCCN(CCNc1cccc2ccccc12)CCOC. The Hall–Kier alpha value is -1.62. The monoisotopic (exact) mass is 302 g/mol. The molecule has 2 aromatic rings. The van der Waals surface area contributed by atoms with Crippen molar-refractivity contribution < 1.29 is 9.47 Å². The molecule has 0 amide bonds.